The molecule has 23 heavy (non-hydrogen) atoms. The zero-order valence-corrected chi connectivity index (χ0v) is 15.0. The first-order chi connectivity index (χ1) is 10.3. The number of carbonyl (C=O) groups is 1. The molecular weight excluding hydrogens is 361 g/mol. The van der Waals surface area contributed by atoms with Crippen molar-refractivity contribution in [3.63, 3.8) is 0 Å². The van der Waals surface area contributed by atoms with Gasteiger partial charge in [-0.3, -0.25) is 4.79 Å². The van der Waals surface area contributed by atoms with Crippen LogP contribution >= 0.6 is 36.2 Å². The lowest BCUT2D eigenvalue weighted by Gasteiger charge is -2.04. The molecular formula is C13H19Cl2N5O2S. The summed E-state index contributed by atoms with van der Waals surface area (Å²) in [6.07, 6.45) is 4.84. The molecule has 0 bridgehead atoms. The van der Waals surface area contributed by atoms with E-state index in [0.717, 1.165) is 6.54 Å². The Hall–Kier alpha value is -1.32. The SMILES string of the molecule is COCCNCCNC(=O)c1cnc(-c2ncccn2)s1.Cl.Cl. The molecule has 2 aromatic heterocycles. The molecule has 7 nitrogen and oxygen atoms in total. The molecule has 0 aliphatic carbocycles. The summed E-state index contributed by atoms with van der Waals surface area (Å²) in [5, 5.41) is 6.62. The third kappa shape index (κ3) is 7.19. The molecule has 0 unspecified atom stereocenters. The van der Waals surface area contributed by atoms with E-state index < -0.39 is 0 Å². The van der Waals surface area contributed by atoms with Crippen LogP contribution in [0.5, 0.6) is 0 Å². The third-order valence-corrected chi connectivity index (χ3v) is 3.55. The number of hydrogen-bond acceptors (Lipinski definition) is 7. The molecule has 10 heteroatoms. The van der Waals surface area contributed by atoms with Crippen LogP contribution in [-0.4, -0.2) is 54.2 Å². The first-order valence-corrected chi connectivity index (χ1v) is 7.34. The van der Waals surface area contributed by atoms with Gasteiger partial charge in [-0.25, -0.2) is 15.0 Å². The summed E-state index contributed by atoms with van der Waals surface area (Å²) in [5.41, 5.74) is 0. The van der Waals surface area contributed by atoms with Gasteiger partial charge in [0.1, 0.15) is 4.88 Å². The van der Waals surface area contributed by atoms with Crippen LogP contribution in [0.3, 0.4) is 0 Å². The standard InChI is InChI=1S/C13H17N5O2S.2ClH/c1-20-8-7-14-5-6-17-12(19)10-9-18-13(21-10)11-15-3-2-4-16-11;;/h2-4,9,14H,5-8H2,1H3,(H,17,19);2*1H. The summed E-state index contributed by atoms with van der Waals surface area (Å²) in [5.74, 6) is 0.394. The number of carbonyl (C=O) groups excluding carboxylic acids is 1. The highest BCUT2D eigenvalue weighted by molar-refractivity contribution is 7.16. The fourth-order valence-corrected chi connectivity index (χ4v) is 2.32. The van der Waals surface area contributed by atoms with Gasteiger partial charge in [-0.05, 0) is 6.07 Å². The number of rotatable bonds is 8. The van der Waals surface area contributed by atoms with E-state index in [1.165, 1.54) is 11.3 Å². The first-order valence-electron chi connectivity index (χ1n) is 6.52. The minimum atomic E-state index is -0.136. The molecule has 0 spiro atoms. The minimum absolute atomic E-state index is 0. The Bertz CT molecular complexity index is 571. The van der Waals surface area contributed by atoms with Crippen LogP contribution in [0.2, 0.25) is 0 Å². The minimum Gasteiger partial charge on any atom is -0.383 e. The van der Waals surface area contributed by atoms with Gasteiger partial charge in [0.15, 0.2) is 10.8 Å². The number of hydrogen-bond donors (Lipinski definition) is 2. The molecule has 2 N–H and O–H groups in total. The summed E-state index contributed by atoms with van der Waals surface area (Å²) in [6.45, 7) is 2.67. The van der Waals surface area contributed by atoms with Crippen molar-refractivity contribution in [2.75, 3.05) is 33.4 Å². The van der Waals surface area contributed by atoms with E-state index in [1.54, 1.807) is 31.8 Å². The van der Waals surface area contributed by atoms with Gasteiger partial charge in [0, 0.05) is 39.1 Å². The van der Waals surface area contributed by atoms with Crippen LogP contribution < -0.4 is 10.6 Å². The van der Waals surface area contributed by atoms with Crippen LogP contribution in [0.4, 0.5) is 0 Å². The first kappa shape index (κ1) is 21.7. The second-order valence-corrected chi connectivity index (χ2v) is 5.13. The molecule has 2 rings (SSSR count). The maximum absolute atomic E-state index is 11.9. The van der Waals surface area contributed by atoms with Crippen LogP contribution in [0.25, 0.3) is 10.8 Å². The van der Waals surface area contributed by atoms with Crippen LogP contribution in [-0.2, 0) is 4.74 Å². The van der Waals surface area contributed by atoms with Crippen molar-refractivity contribution < 1.29 is 9.53 Å². The van der Waals surface area contributed by atoms with Gasteiger partial charge in [0.05, 0.1) is 12.8 Å². The molecule has 0 aliphatic rings. The van der Waals surface area contributed by atoms with Gasteiger partial charge in [0.2, 0.25) is 0 Å². The van der Waals surface area contributed by atoms with Crippen molar-refractivity contribution in [3.05, 3.63) is 29.5 Å². The number of nitrogens with one attached hydrogen (secondary N) is 2. The highest BCUT2D eigenvalue weighted by Crippen LogP contribution is 2.21. The van der Waals surface area contributed by atoms with Crippen molar-refractivity contribution in [2.45, 2.75) is 0 Å². The lowest BCUT2D eigenvalue weighted by atomic mass is 10.5. The molecule has 1 amide bonds. The highest BCUT2D eigenvalue weighted by atomic mass is 35.5. The third-order valence-electron chi connectivity index (χ3n) is 2.56. The normalized spacial score (nSPS) is 9.61. The summed E-state index contributed by atoms with van der Waals surface area (Å²) in [6, 6.07) is 1.74. The molecule has 0 fully saturated rings. The molecule has 0 radical (unpaired) electrons. The highest BCUT2D eigenvalue weighted by Gasteiger charge is 2.12. The average Bonchev–Trinajstić information content (AvgIpc) is 3.01. The number of amides is 1. The van der Waals surface area contributed by atoms with Gasteiger partial charge in [-0.2, -0.15) is 0 Å². The van der Waals surface area contributed by atoms with E-state index >= 15 is 0 Å². The largest absolute Gasteiger partial charge is 0.383 e. The Kier molecular flexibility index (Phi) is 11.4. The molecule has 0 atom stereocenters. The van der Waals surface area contributed by atoms with E-state index in [2.05, 4.69) is 25.6 Å². The maximum Gasteiger partial charge on any atom is 0.263 e. The fraction of sp³-hybridized carbons (Fsp3) is 0.385. The fourth-order valence-electron chi connectivity index (χ4n) is 1.54. The number of thiazole rings is 1. The number of halogens is 2. The Labute approximate surface area is 151 Å². The Morgan fingerprint density at radius 1 is 1.17 bits per heavy atom. The van der Waals surface area contributed by atoms with Gasteiger partial charge in [-0.1, -0.05) is 0 Å². The molecule has 0 aliphatic heterocycles. The molecule has 128 valence electrons. The average molecular weight is 380 g/mol. The van der Waals surface area contributed by atoms with Crippen LogP contribution in [0.1, 0.15) is 9.67 Å². The van der Waals surface area contributed by atoms with Crippen molar-refractivity contribution in [1.29, 1.82) is 0 Å². The number of nitrogens with zero attached hydrogens (tertiary/aromatic N) is 3. The van der Waals surface area contributed by atoms with E-state index in [1.807, 2.05) is 0 Å². The Balaban J connectivity index is 0.00000242. The summed E-state index contributed by atoms with van der Waals surface area (Å²) < 4.78 is 4.92. The summed E-state index contributed by atoms with van der Waals surface area (Å²) in [4.78, 5) is 24.9. The predicted octanol–water partition coefficient (Wildman–Crippen LogP) is 1.41. The van der Waals surface area contributed by atoms with Gasteiger partial charge in [0.25, 0.3) is 5.91 Å². The molecule has 0 saturated carbocycles. The van der Waals surface area contributed by atoms with Gasteiger partial charge < -0.3 is 15.4 Å². The summed E-state index contributed by atoms with van der Waals surface area (Å²) in [7, 11) is 1.65. The van der Waals surface area contributed by atoms with Crippen LogP contribution in [0.15, 0.2) is 24.7 Å². The second-order valence-electron chi connectivity index (χ2n) is 4.10. The quantitative estimate of drug-likeness (QED) is 0.674. The topological polar surface area (TPSA) is 89.0 Å². The lowest BCUT2D eigenvalue weighted by molar-refractivity contribution is 0.0957. The number of aromatic nitrogens is 3. The summed E-state index contributed by atoms with van der Waals surface area (Å²) >= 11 is 1.28. The number of methoxy groups -OCH3 is 1. The Morgan fingerprint density at radius 3 is 2.61 bits per heavy atom. The lowest BCUT2D eigenvalue weighted by Crippen LogP contribution is -2.32. The Morgan fingerprint density at radius 2 is 1.91 bits per heavy atom. The molecule has 0 saturated heterocycles. The zero-order chi connectivity index (χ0) is 14.9. The van der Waals surface area contributed by atoms with Gasteiger partial charge in [-0.15, -0.1) is 36.2 Å². The van der Waals surface area contributed by atoms with E-state index in [-0.39, 0.29) is 30.7 Å². The smallest absolute Gasteiger partial charge is 0.263 e. The van der Waals surface area contributed by atoms with Crippen molar-refractivity contribution in [2.24, 2.45) is 0 Å². The van der Waals surface area contributed by atoms with Crippen molar-refractivity contribution in [3.8, 4) is 10.8 Å². The van der Waals surface area contributed by atoms with Crippen molar-refractivity contribution in [1.82, 2.24) is 25.6 Å². The van der Waals surface area contributed by atoms with Crippen LogP contribution in [0, 0.1) is 0 Å². The monoisotopic (exact) mass is 379 g/mol. The zero-order valence-electron chi connectivity index (χ0n) is 12.5. The van der Waals surface area contributed by atoms with E-state index in [4.69, 9.17) is 4.74 Å². The van der Waals surface area contributed by atoms with Gasteiger partial charge >= 0.3 is 0 Å². The molecule has 2 heterocycles. The predicted molar refractivity (Wildman–Crippen MR) is 94.7 cm³/mol. The second kappa shape index (κ2) is 12.1. The van der Waals surface area contributed by atoms with E-state index in [0.29, 0.717) is 35.4 Å². The number of ether oxygens (including phenoxy) is 1. The van der Waals surface area contributed by atoms with E-state index in [9.17, 15) is 4.79 Å². The molecule has 0 aromatic carbocycles. The van der Waals surface area contributed by atoms with Crippen molar-refractivity contribution >= 4 is 42.1 Å². The maximum atomic E-state index is 11.9. The molecule has 2 aromatic rings.